The van der Waals surface area contributed by atoms with E-state index in [0.717, 1.165) is 37.1 Å². The number of nitriles is 1. The molecule has 88 valence electrons. The molecule has 0 bridgehead atoms. The van der Waals surface area contributed by atoms with Crippen LogP contribution in [-0.2, 0) is 6.42 Å². The second-order valence-electron chi connectivity index (χ2n) is 4.42. The topological polar surface area (TPSA) is 35.8 Å². The Labute approximate surface area is 101 Å². The summed E-state index contributed by atoms with van der Waals surface area (Å²) in [5, 5.41) is 12.0. The molecule has 1 heterocycles. The van der Waals surface area contributed by atoms with Gasteiger partial charge in [-0.15, -0.1) is 0 Å². The number of nitrogens with one attached hydrogen (secondary N) is 1. The maximum absolute atomic E-state index is 13.2. The summed E-state index contributed by atoms with van der Waals surface area (Å²) in [5.41, 5.74) is 2.17. The Balaban J connectivity index is 2.13. The predicted molar refractivity (Wildman–Crippen MR) is 64.7 cm³/mol. The Morgan fingerprint density at radius 3 is 3.06 bits per heavy atom. The summed E-state index contributed by atoms with van der Waals surface area (Å²) in [6.07, 6.45) is 3.06. The number of benzene rings is 1. The minimum atomic E-state index is -0.447. The lowest BCUT2D eigenvalue weighted by molar-refractivity contribution is 0.443. The fourth-order valence-electron chi connectivity index (χ4n) is 2.21. The first-order valence-corrected chi connectivity index (χ1v) is 5.82. The third-order valence-corrected chi connectivity index (χ3v) is 3.21. The van der Waals surface area contributed by atoms with Crippen LogP contribution in [0.2, 0.25) is 0 Å². The van der Waals surface area contributed by atoms with Crippen molar-refractivity contribution < 1.29 is 4.39 Å². The van der Waals surface area contributed by atoms with Gasteiger partial charge in [-0.3, -0.25) is 0 Å². The molecular weight excluding hydrogens is 215 g/mol. The molecule has 17 heavy (non-hydrogen) atoms. The van der Waals surface area contributed by atoms with E-state index in [2.05, 4.69) is 11.9 Å². The maximum Gasteiger partial charge on any atom is 0.140 e. The van der Waals surface area contributed by atoms with Crippen LogP contribution in [0.3, 0.4) is 0 Å². The quantitative estimate of drug-likeness (QED) is 0.848. The summed E-state index contributed by atoms with van der Waals surface area (Å²) in [5.74, 6) is -0.0578. The van der Waals surface area contributed by atoms with Gasteiger partial charge in [0.2, 0.25) is 0 Å². The number of allylic oxidation sites excluding steroid dienone is 1. The number of rotatable bonds is 2. The summed E-state index contributed by atoms with van der Waals surface area (Å²) in [7, 11) is 0. The highest BCUT2D eigenvalue weighted by Gasteiger charge is 2.17. The molecule has 0 amide bonds. The van der Waals surface area contributed by atoms with E-state index in [0.29, 0.717) is 5.92 Å². The van der Waals surface area contributed by atoms with Crippen molar-refractivity contribution in [1.29, 1.82) is 5.26 Å². The van der Waals surface area contributed by atoms with E-state index in [-0.39, 0.29) is 5.56 Å². The highest BCUT2D eigenvalue weighted by molar-refractivity contribution is 5.35. The van der Waals surface area contributed by atoms with E-state index >= 15 is 0 Å². The van der Waals surface area contributed by atoms with Gasteiger partial charge in [-0.2, -0.15) is 5.26 Å². The molecular formula is C14H15FN2. The lowest BCUT2D eigenvalue weighted by Crippen LogP contribution is -2.28. The van der Waals surface area contributed by atoms with Gasteiger partial charge < -0.3 is 5.32 Å². The van der Waals surface area contributed by atoms with Crippen LogP contribution in [0.25, 0.3) is 0 Å². The predicted octanol–water partition coefficient (Wildman–Crippen LogP) is 2.75. The Morgan fingerprint density at radius 1 is 1.53 bits per heavy atom. The number of halogens is 1. The molecule has 0 aromatic heterocycles. The van der Waals surface area contributed by atoms with Gasteiger partial charge in [0, 0.05) is 18.2 Å². The highest BCUT2D eigenvalue weighted by atomic mass is 19.1. The van der Waals surface area contributed by atoms with Crippen molar-refractivity contribution in [1.82, 2.24) is 5.32 Å². The van der Waals surface area contributed by atoms with Crippen molar-refractivity contribution in [2.24, 2.45) is 5.92 Å². The summed E-state index contributed by atoms with van der Waals surface area (Å²) < 4.78 is 13.2. The van der Waals surface area contributed by atoms with Crippen LogP contribution in [0.5, 0.6) is 0 Å². The lowest BCUT2D eigenvalue weighted by Gasteiger charge is -2.26. The molecule has 0 radical (unpaired) electrons. The fraction of sp³-hybridized carbons (Fsp3) is 0.357. The fourth-order valence-corrected chi connectivity index (χ4v) is 2.21. The Bertz CT molecular complexity index is 474. The second-order valence-corrected chi connectivity index (χ2v) is 4.42. The molecule has 0 saturated carbocycles. The van der Waals surface area contributed by atoms with E-state index < -0.39 is 5.82 Å². The van der Waals surface area contributed by atoms with Gasteiger partial charge in [-0.1, -0.05) is 12.6 Å². The molecule has 0 spiro atoms. The molecule has 1 N–H and O–H groups in total. The van der Waals surface area contributed by atoms with E-state index in [1.807, 2.05) is 6.07 Å². The molecule has 1 unspecified atom stereocenters. The SMILES string of the molecule is C=C1NCCCC1Cc1ccc(F)c(C#N)c1. The maximum atomic E-state index is 13.2. The van der Waals surface area contributed by atoms with Gasteiger partial charge in [0.1, 0.15) is 11.9 Å². The van der Waals surface area contributed by atoms with Gasteiger partial charge in [0.15, 0.2) is 0 Å². The van der Waals surface area contributed by atoms with Crippen LogP contribution in [0.15, 0.2) is 30.5 Å². The molecule has 1 atom stereocenters. The molecule has 1 aliphatic rings. The van der Waals surface area contributed by atoms with Crippen LogP contribution < -0.4 is 5.32 Å². The number of nitrogens with zero attached hydrogens (tertiary/aromatic N) is 1. The first-order valence-electron chi connectivity index (χ1n) is 5.82. The molecule has 3 heteroatoms. The van der Waals surface area contributed by atoms with Gasteiger partial charge in [0.05, 0.1) is 5.56 Å². The summed E-state index contributed by atoms with van der Waals surface area (Å²) >= 11 is 0. The molecule has 0 aliphatic carbocycles. The second kappa shape index (κ2) is 5.01. The summed E-state index contributed by atoms with van der Waals surface area (Å²) in [6.45, 7) is 4.99. The van der Waals surface area contributed by atoms with Crippen molar-refractivity contribution in [3.63, 3.8) is 0 Å². The van der Waals surface area contributed by atoms with Crippen molar-refractivity contribution in [2.45, 2.75) is 19.3 Å². The number of hydrogen-bond acceptors (Lipinski definition) is 2. The molecule has 2 nitrogen and oxygen atoms in total. The summed E-state index contributed by atoms with van der Waals surface area (Å²) in [6, 6.07) is 6.62. The Hall–Kier alpha value is -1.82. The van der Waals surface area contributed by atoms with E-state index in [1.54, 1.807) is 12.1 Å². The van der Waals surface area contributed by atoms with Crippen LogP contribution in [0.4, 0.5) is 4.39 Å². The number of hydrogen-bond donors (Lipinski definition) is 1. The molecule has 1 saturated heterocycles. The average molecular weight is 230 g/mol. The minimum Gasteiger partial charge on any atom is -0.389 e. The van der Waals surface area contributed by atoms with Crippen molar-refractivity contribution in [3.8, 4) is 6.07 Å². The molecule has 1 fully saturated rings. The average Bonchev–Trinajstić information content (AvgIpc) is 2.34. The first-order chi connectivity index (χ1) is 8.20. The Morgan fingerprint density at radius 2 is 2.35 bits per heavy atom. The monoisotopic (exact) mass is 230 g/mol. The molecule has 1 aliphatic heterocycles. The molecule has 2 rings (SSSR count). The smallest absolute Gasteiger partial charge is 0.140 e. The third kappa shape index (κ3) is 2.65. The van der Waals surface area contributed by atoms with Gasteiger partial charge >= 0.3 is 0 Å². The van der Waals surface area contributed by atoms with Crippen LogP contribution in [-0.4, -0.2) is 6.54 Å². The van der Waals surface area contributed by atoms with Crippen LogP contribution >= 0.6 is 0 Å². The molecule has 1 aromatic carbocycles. The van der Waals surface area contributed by atoms with Crippen molar-refractivity contribution >= 4 is 0 Å². The van der Waals surface area contributed by atoms with Crippen molar-refractivity contribution in [2.75, 3.05) is 6.54 Å². The van der Waals surface area contributed by atoms with Gasteiger partial charge in [-0.05, 0) is 37.0 Å². The largest absolute Gasteiger partial charge is 0.389 e. The zero-order valence-corrected chi connectivity index (χ0v) is 9.67. The zero-order valence-electron chi connectivity index (χ0n) is 9.67. The summed E-state index contributed by atoms with van der Waals surface area (Å²) in [4.78, 5) is 0. The van der Waals surface area contributed by atoms with E-state index in [9.17, 15) is 4.39 Å². The minimum absolute atomic E-state index is 0.122. The standard InChI is InChI=1S/C14H15FN2/c1-10-12(3-2-6-17-10)7-11-4-5-14(15)13(8-11)9-16/h4-5,8,12,17H,1-3,6-7H2. The van der Waals surface area contributed by atoms with Gasteiger partial charge in [-0.25, -0.2) is 4.39 Å². The Kier molecular flexibility index (Phi) is 3.43. The van der Waals surface area contributed by atoms with Crippen LogP contribution in [0, 0.1) is 23.1 Å². The van der Waals surface area contributed by atoms with Crippen molar-refractivity contribution in [3.05, 3.63) is 47.4 Å². The normalized spacial score (nSPS) is 19.5. The van der Waals surface area contributed by atoms with Gasteiger partial charge in [0.25, 0.3) is 0 Å². The zero-order chi connectivity index (χ0) is 12.3. The molecule has 1 aromatic rings. The number of piperidine rings is 1. The lowest BCUT2D eigenvalue weighted by atomic mass is 9.89. The third-order valence-electron chi connectivity index (χ3n) is 3.21. The highest BCUT2D eigenvalue weighted by Crippen LogP contribution is 2.23. The van der Waals surface area contributed by atoms with Crippen LogP contribution in [0.1, 0.15) is 24.0 Å². The van der Waals surface area contributed by atoms with E-state index in [4.69, 9.17) is 5.26 Å². The first kappa shape index (κ1) is 11.7. The van der Waals surface area contributed by atoms with E-state index in [1.165, 1.54) is 6.07 Å².